The van der Waals surface area contributed by atoms with Gasteiger partial charge in [-0.2, -0.15) is 9.61 Å². The van der Waals surface area contributed by atoms with Crippen molar-refractivity contribution in [1.82, 2.24) is 24.1 Å². The van der Waals surface area contributed by atoms with E-state index in [2.05, 4.69) is 20.4 Å². The Morgan fingerprint density at radius 3 is 2.86 bits per heavy atom. The second-order valence-electron chi connectivity index (χ2n) is 7.15. The van der Waals surface area contributed by atoms with E-state index in [9.17, 15) is 9.59 Å². The average molecular weight is 372 g/mol. The van der Waals surface area contributed by atoms with Crippen LogP contribution in [0.4, 0.5) is 5.82 Å². The van der Waals surface area contributed by atoms with Crippen LogP contribution in [0.15, 0.2) is 47.5 Å². The Morgan fingerprint density at radius 1 is 1.25 bits per heavy atom. The minimum atomic E-state index is -0.322. The SMILES string of the molecule is Bc1ccc(NC(=O)Cn2c(=O)c3cccnc3n3nc(C4CC4)cc23)nc1. The molecule has 4 aromatic heterocycles. The van der Waals surface area contributed by atoms with E-state index < -0.39 is 0 Å². The van der Waals surface area contributed by atoms with Crippen molar-refractivity contribution in [3.8, 4) is 0 Å². The summed E-state index contributed by atoms with van der Waals surface area (Å²) in [4.78, 5) is 34.2. The van der Waals surface area contributed by atoms with Crippen LogP contribution in [0, 0.1) is 0 Å². The Labute approximate surface area is 160 Å². The maximum atomic E-state index is 13.1. The average Bonchev–Trinajstić information content (AvgIpc) is 3.45. The number of hydrogen-bond donors (Lipinski definition) is 1. The Morgan fingerprint density at radius 2 is 2.11 bits per heavy atom. The monoisotopic (exact) mass is 372 g/mol. The highest BCUT2D eigenvalue weighted by atomic mass is 16.2. The lowest BCUT2D eigenvalue weighted by Crippen LogP contribution is -2.29. The second kappa shape index (κ2) is 6.30. The molecular weight excluding hydrogens is 355 g/mol. The lowest BCUT2D eigenvalue weighted by atomic mass is 9.99. The number of nitrogens with zero attached hydrogens (tertiary/aromatic N) is 5. The van der Waals surface area contributed by atoms with Crippen molar-refractivity contribution in [2.75, 3.05) is 5.32 Å². The third-order valence-corrected chi connectivity index (χ3v) is 4.93. The Hall–Kier alpha value is -3.49. The molecule has 0 spiro atoms. The smallest absolute Gasteiger partial charge is 0.263 e. The number of anilines is 1. The summed E-state index contributed by atoms with van der Waals surface area (Å²) in [5, 5.41) is 7.83. The number of pyridine rings is 2. The molecule has 138 valence electrons. The number of nitrogens with one attached hydrogen (secondary N) is 1. The summed E-state index contributed by atoms with van der Waals surface area (Å²) in [7, 11) is 1.93. The molecule has 1 N–H and O–H groups in total. The maximum absolute atomic E-state index is 13.1. The molecule has 0 bridgehead atoms. The fourth-order valence-corrected chi connectivity index (χ4v) is 3.32. The van der Waals surface area contributed by atoms with Crippen molar-refractivity contribution in [3.63, 3.8) is 0 Å². The summed E-state index contributed by atoms with van der Waals surface area (Å²) < 4.78 is 3.12. The molecule has 0 unspecified atom stereocenters. The lowest BCUT2D eigenvalue weighted by Gasteiger charge is -2.10. The Kier molecular flexibility index (Phi) is 3.75. The van der Waals surface area contributed by atoms with Gasteiger partial charge in [0.1, 0.15) is 25.9 Å². The van der Waals surface area contributed by atoms with Crippen LogP contribution in [0.2, 0.25) is 0 Å². The molecule has 9 heteroatoms. The highest BCUT2D eigenvalue weighted by molar-refractivity contribution is 6.32. The van der Waals surface area contributed by atoms with Gasteiger partial charge in [-0.3, -0.25) is 14.2 Å². The largest absolute Gasteiger partial charge is 0.309 e. The molecule has 0 radical (unpaired) electrons. The van der Waals surface area contributed by atoms with E-state index in [0.29, 0.717) is 28.4 Å². The zero-order chi connectivity index (χ0) is 19.3. The minimum absolute atomic E-state index is 0.126. The molecular formula is C19H17BN6O2. The van der Waals surface area contributed by atoms with Gasteiger partial charge in [0.05, 0.1) is 11.1 Å². The molecule has 4 heterocycles. The lowest BCUT2D eigenvalue weighted by molar-refractivity contribution is -0.116. The van der Waals surface area contributed by atoms with Crippen molar-refractivity contribution in [2.45, 2.75) is 25.3 Å². The topological polar surface area (TPSA) is 94.2 Å². The standard InChI is InChI=1S/C19H17BN6O2/c20-12-5-6-15(22-9-12)23-16(27)10-25-17-8-14(11-3-4-11)24-26(17)18-13(19(25)28)2-1-7-21-18/h1-2,5-9,11H,3-4,10,20H2,(H,22,23,27). The predicted octanol–water partition coefficient (Wildman–Crippen LogP) is 0.214. The molecule has 8 nitrogen and oxygen atoms in total. The second-order valence-corrected chi connectivity index (χ2v) is 7.15. The summed E-state index contributed by atoms with van der Waals surface area (Å²) in [5.41, 5.74) is 2.76. The van der Waals surface area contributed by atoms with Crippen LogP contribution >= 0.6 is 0 Å². The molecule has 1 amide bonds. The number of carbonyl (C=O) groups excluding carboxylic acids is 1. The highest BCUT2D eigenvalue weighted by Gasteiger charge is 2.28. The number of rotatable bonds is 4. The van der Waals surface area contributed by atoms with Crippen molar-refractivity contribution in [3.05, 3.63) is 58.8 Å². The Bertz CT molecular complexity index is 1270. The summed E-state index contributed by atoms with van der Waals surface area (Å²) >= 11 is 0. The van der Waals surface area contributed by atoms with Gasteiger partial charge in [-0.1, -0.05) is 11.5 Å². The van der Waals surface area contributed by atoms with Gasteiger partial charge in [-0.05, 0) is 31.0 Å². The zero-order valence-electron chi connectivity index (χ0n) is 15.3. The molecule has 28 heavy (non-hydrogen) atoms. The third kappa shape index (κ3) is 2.85. The fraction of sp³-hybridized carbons (Fsp3) is 0.211. The molecule has 5 rings (SSSR count). The fourth-order valence-electron chi connectivity index (χ4n) is 3.32. The number of amides is 1. The van der Waals surface area contributed by atoms with Gasteiger partial charge in [-0.15, -0.1) is 0 Å². The maximum Gasteiger partial charge on any atom is 0.263 e. The zero-order valence-corrected chi connectivity index (χ0v) is 15.3. The first-order valence-electron chi connectivity index (χ1n) is 9.20. The first-order chi connectivity index (χ1) is 13.6. The molecule has 0 atom stereocenters. The van der Waals surface area contributed by atoms with Gasteiger partial charge >= 0.3 is 0 Å². The van der Waals surface area contributed by atoms with Crippen LogP contribution < -0.4 is 16.3 Å². The summed E-state index contributed by atoms with van der Waals surface area (Å²) in [6.45, 7) is -0.126. The van der Waals surface area contributed by atoms with E-state index in [4.69, 9.17) is 0 Å². The summed E-state index contributed by atoms with van der Waals surface area (Å²) in [6.07, 6.45) is 5.51. The van der Waals surface area contributed by atoms with Crippen LogP contribution in [0.25, 0.3) is 16.7 Å². The van der Waals surface area contributed by atoms with Gasteiger partial charge in [0.25, 0.3) is 5.56 Å². The quantitative estimate of drug-likeness (QED) is 0.517. The summed E-state index contributed by atoms with van der Waals surface area (Å²) in [6, 6.07) is 8.91. The van der Waals surface area contributed by atoms with Crippen molar-refractivity contribution < 1.29 is 4.79 Å². The van der Waals surface area contributed by atoms with Crippen LogP contribution in [0.3, 0.4) is 0 Å². The first kappa shape index (κ1) is 16.7. The molecule has 1 fully saturated rings. The number of hydrogen-bond acceptors (Lipinski definition) is 5. The normalized spacial score (nSPS) is 13.9. The molecule has 0 aliphatic heterocycles. The van der Waals surface area contributed by atoms with Crippen LogP contribution in [-0.2, 0) is 11.3 Å². The summed E-state index contributed by atoms with van der Waals surface area (Å²) in [5.74, 6) is 0.555. The Balaban J connectivity index is 1.58. The molecule has 0 aromatic carbocycles. The van der Waals surface area contributed by atoms with E-state index >= 15 is 0 Å². The van der Waals surface area contributed by atoms with Crippen molar-refractivity contribution in [2.24, 2.45) is 0 Å². The number of carbonyl (C=O) groups is 1. The predicted molar refractivity (Wildman–Crippen MR) is 108 cm³/mol. The van der Waals surface area contributed by atoms with Gasteiger partial charge in [0, 0.05) is 24.4 Å². The molecule has 4 aromatic rings. The van der Waals surface area contributed by atoms with E-state index in [1.807, 2.05) is 20.0 Å². The van der Waals surface area contributed by atoms with Crippen LogP contribution in [0.5, 0.6) is 0 Å². The van der Waals surface area contributed by atoms with Crippen molar-refractivity contribution in [1.29, 1.82) is 0 Å². The highest BCUT2D eigenvalue weighted by Crippen LogP contribution is 2.39. The van der Waals surface area contributed by atoms with Gasteiger partial charge < -0.3 is 5.32 Å². The van der Waals surface area contributed by atoms with Crippen molar-refractivity contribution >= 4 is 41.7 Å². The third-order valence-electron chi connectivity index (χ3n) is 4.93. The van der Waals surface area contributed by atoms with E-state index in [-0.39, 0.29) is 18.0 Å². The van der Waals surface area contributed by atoms with E-state index in [0.717, 1.165) is 24.0 Å². The molecule has 0 saturated heterocycles. The van der Waals surface area contributed by atoms with Gasteiger partial charge in [-0.25, -0.2) is 9.97 Å². The van der Waals surface area contributed by atoms with Gasteiger partial charge in [0.15, 0.2) is 5.65 Å². The molecule has 1 aliphatic carbocycles. The molecule has 1 saturated carbocycles. The van der Waals surface area contributed by atoms with Gasteiger partial charge in [0.2, 0.25) is 5.91 Å². The minimum Gasteiger partial charge on any atom is -0.309 e. The van der Waals surface area contributed by atoms with Crippen LogP contribution in [0.1, 0.15) is 24.5 Å². The van der Waals surface area contributed by atoms with Crippen LogP contribution in [-0.4, -0.2) is 37.9 Å². The molecule has 1 aliphatic rings. The first-order valence-corrected chi connectivity index (χ1v) is 9.20. The number of fused-ring (bicyclic) bond motifs is 3. The number of aromatic nitrogens is 5. The van der Waals surface area contributed by atoms with E-state index in [1.165, 1.54) is 4.57 Å². The van der Waals surface area contributed by atoms with E-state index in [1.54, 1.807) is 35.1 Å².